The fourth-order valence-corrected chi connectivity index (χ4v) is 6.08. The Kier molecular flexibility index (Phi) is 11.2. The Hall–Kier alpha value is -5.59. The molecular formula is C37H44N8O5. The van der Waals surface area contributed by atoms with E-state index in [4.69, 9.17) is 10.5 Å². The molecule has 4 amide bonds. The number of aryl methyl sites for hydroxylation is 1. The number of anilines is 1. The Labute approximate surface area is 291 Å². The van der Waals surface area contributed by atoms with Gasteiger partial charge in [0.15, 0.2) is 0 Å². The van der Waals surface area contributed by atoms with Gasteiger partial charge in [-0.05, 0) is 123 Å². The Morgan fingerprint density at radius 3 is 2.22 bits per heavy atom. The highest BCUT2D eigenvalue weighted by Crippen LogP contribution is 2.29. The van der Waals surface area contributed by atoms with Crippen LogP contribution in [0.2, 0.25) is 0 Å². The molecule has 0 saturated heterocycles. The molecule has 1 aliphatic rings. The predicted molar refractivity (Wildman–Crippen MR) is 189 cm³/mol. The molecule has 1 fully saturated rings. The van der Waals surface area contributed by atoms with E-state index in [1.54, 1.807) is 36.4 Å². The van der Waals surface area contributed by atoms with Crippen LogP contribution >= 0.6 is 0 Å². The van der Waals surface area contributed by atoms with E-state index in [0.29, 0.717) is 36.5 Å². The number of rotatable bonds is 11. The topological polar surface area (TPSA) is 194 Å². The van der Waals surface area contributed by atoms with Crippen LogP contribution in [-0.4, -0.2) is 62.6 Å². The SMILES string of the molecule is Cc1cc(C(N)=O)ccc1-c1ccc(CC(NC(=O)C2CCC(CNC(=O)OC(C)(C)C)CC2)C(=O)Nc2ccc(-c3nn[nH]n3)cc2)cc1. The minimum atomic E-state index is -0.839. The van der Waals surface area contributed by atoms with E-state index < -0.39 is 23.6 Å². The highest BCUT2D eigenvalue weighted by Gasteiger charge is 2.30. The number of tetrazole rings is 1. The van der Waals surface area contributed by atoms with Crippen molar-refractivity contribution in [2.24, 2.45) is 17.6 Å². The van der Waals surface area contributed by atoms with E-state index in [2.05, 4.69) is 36.6 Å². The molecule has 3 aromatic carbocycles. The highest BCUT2D eigenvalue weighted by atomic mass is 16.6. The Bertz CT molecular complexity index is 1790. The number of aromatic nitrogens is 4. The van der Waals surface area contributed by atoms with Crippen molar-refractivity contribution >= 4 is 29.5 Å². The number of primary amides is 1. The number of alkyl carbamates (subject to hydrolysis) is 1. The highest BCUT2D eigenvalue weighted by molar-refractivity contribution is 5.98. The smallest absolute Gasteiger partial charge is 0.407 e. The predicted octanol–water partition coefficient (Wildman–Crippen LogP) is 4.94. The lowest BCUT2D eigenvalue weighted by Gasteiger charge is -2.29. The summed E-state index contributed by atoms with van der Waals surface area (Å²) in [6, 6.07) is 19.3. The zero-order valence-corrected chi connectivity index (χ0v) is 28.8. The van der Waals surface area contributed by atoms with Crippen LogP contribution in [0.3, 0.4) is 0 Å². The molecule has 1 saturated carbocycles. The average Bonchev–Trinajstić information content (AvgIpc) is 3.62. The molecule has 13 nitrogen and oxygen atoms in total. The first kappa shape index (κ1) is 35.7. The van der Waals surface area contributed by atoms with Gasteiger partial charge in [-0.25, -0.2) is 4.79 Å². The Morgan fingerprint density at radius 2 is 1.62 bits per heavy atom. The van der Waals surface area contributed by atoms with Crippen molar-refractivity contribution in [2.75, 3.05) is 11.9 Å². The lowest BCUT2D eigenvalue weighted by molar-refractivity contribution is -0.130. The molecule has 6 N–H and O–H groups in total. The first-order chi connectivity index (χ1) is 23.8. The molecule has 5 rings (SSSR count). The third-order valence-electron chi connectivity index (χ3n) is 8.76. The van der Waals surface area contributed by atoms with Crippen LogP contribution in [0.5, 0.6) is 0 Å². The summed E-state index contributed by atoms with van der Waals surface area (Å²) in [4.78, 5) is 51.0. The van der Waals surface area contributed by atoms with Gasteiger partial charge in [-0.2, -0.15) is 5.21 Å². The number of aromatic amines is 1. The van der Waals surface area contributed by atoms with Crippen molar-refractivity contribution in [3.05, 3.63) is 83.4 Å². The minimum Gasteiger partial charge on any atom is -0.444 e. The zero-order valence-electron chi connectivity index (χ0n) is 28.8. The molecular weight excluding hydrogens is 636 g/mol. The molecule has 4 aromatic rings. The fourth-order valence-electron chi connectivity index (χ4n) is 6.08. The molecule has 1 unspecified atom stereocenters. The van der Waals surface area contributed by atoms with Crippen LogP contribution in [0, 0.1) is 18.8 Å². The summed E-state index contributed by atoms with van der Waals surface area (Å²) in [6.45, 7) is 7.88. The van der Waals surface area contributed by atoms with Gasteiger partial charge < -0.3 is 26.4 Å². The third-order valence-corrected chi connectivity index (χ3v) is 8.76. The molecule has 0 spiro atoms. The van der Waals surface area contributed by atoms with Crippen LogP contribution in [-0.2, 0) is 20.7 Å². The van der Waals surface area contributed by atoms with Gasteiger partial charge >= 0.3 is 6.09 Å². The number of benzene rings is 3. The molecule has 1 atom stereocenters. The third kappa shape index (κ3) is 9.74. The summed E-state index contributed by atoms with van der Waals surface area (Å²) in [5, 5.41) is 22.8. The number of nitrogens with one attached hydrogen (secondary N) is 4. The standard InChI is InChI=1S/C37H44N8O5/c1-22-19-28(32(38)46)15-18-30(22)25-9-5-23(6-10-25)20-31(35(48)40-29-16-13-26(14-17-29)33-42-44-45-43-33)41-34(47)27-11-7-24(8-12-27)21-39-36(49)50-37(2,3)4/h5-6,9-10,13-19,24,27,31H,7-8,11-12,20-21H2,1-4H3,(H2,38,46)(H,39,49)(H,40,48)(H,41,47)(H,42,43,44,45). The molecule has 0 aliphatic heterocycles. The summed E-state index contributed by atoms with van der Waals surface area (Å²) in [5.74, 6) is -0.555. The van der Waals surface area contributed by atoms with Crippen LogP contribution in [0.4, 0.5) is 10.5 Å². The van der Waals surface area contributed by atoms with Crippen LogP contribution in [0.1, 0.15) is 67.9 Å². The average molecular weight is 681 g/mol. The largest absolute Gasteiger partial charge is 0.444 e. The second-order valence-electron chi connectivity index (χ2n) is 13.8. The second-order valence-corrected chi connectivity index (χ2v) is 13.8. The minimum absolute atomic E-state index is 0.169. The van der Waals surface area contributed by atoms with E-state index in [9.17, 15) is 19.2 Å². The van der Waals surface area contributed by atoms with Gasteiger partial charge in [0.2, 0.25) is 23.5 Å². The zero-order chi connectivity index (χ0) is 35.8. The molecule has 0 radical (unpaired) electrons. The van der Waals surface area contributed by atoms with Gasteiger partial charge in [-0.15, -0.1) is 10.2 Å². The Morgan fingerprint density at radius 1 is 0.940 bits per heavy atom. The molecule has 262 valence electrons. The number of ether oxygens (including phenoxy) is 1. The van der Waals surface area contributed by atoms with Gasteiger partial charge in [0, 0.05) is 35.7 Å². The fraction of sp³-hybridized carbons (Fsp3) is 0.378. The summed E-state index contributed by atoms with van der Waals surface area (Å²) in [7, 11) is 0. The number of carbonyl (C=O) groups excluding carboxylic acids is 4. The van der Waals surface area contributed by atoms with Crippen molar-refractivity contribution in [1.82, 2.24) is 31.3 Å². The second kappa shape index (κ2) is 15.7. The molecule has 1 aliphatic carbocycles. The van der Waals surface area contributed by atoms with Crippen molar-refractivity contribution in [2.45, 2.75) is 71.4 Å². The molecule has 1 heterocycles. The Balaban J connectivity index is 1.25. The quantitative estimate of drug-likeness (QED) is 0.147. The van der Waals surface area contributed by atoms with Crippen molar-refractivity contribution in [3.8, 4) is 22.5 Å². The van der Waals surface area contributed by atoms with E-state index in [0.717, 1.165) is 40.7 Å². The van der Waals surface area contributed by atoms with Crippen LogP contribution in [0.15, 0.2) is 66.7 Å². The number of nitrogens with zero attached hydrogens (tertiary/aromatic N) is 3. The van der Waals surface area contributed by atoms with Crippen molar-refractivity contribution in [1.29, 1.82) is 0 Å². The van der Waals surface area contributed by atoms with Crippen molar-refractivity contribution < 1.29 is 23.9 Å². The maximum absolute atomic E-state index is 13.7. The van der Waals surface area contributed by atoms with Gasteiger partial charge in [-0.1, -0.05) is 30.3 Å². The monoisotopic (exact) mass is 680 g/mol. The summed E-state index contributed by atoms with van der Waals surface area (Å²) in [5.41, 5.74) is 10.3. The number of hydrogen-bond acceptors (Lipinski definition) is 8. The van der Waals surface area contributed by atoms with Crippen LogP contribution in [0.25, 0.3) is 22.5 Å². The number of hydrogen-bond donors (Lipinski definition) is 5. The van der Waals surface area contributed by atoms with Crippen molar-refractivity contribution in [3.63, 3.8) is 0 Å². The molecule has 50 heavy (non-hydrogen) atoms. The van der Waals surface area contributed by atoms with Crippen LogP contribution < -0.4 is 21.7 Å². The maximum Gasteiger partial charge on any atom is 0.407 e. The molecule has 13 heteroatoms. The number of carbonyl (C=O) groups is 4. The first-order valence-electron chi connectivity index (χ1n) is 16.8. The lowest BCUT2D eigenvalue weighted by Crippen LogP contribution is -2.48. The van der Waals surface area contributed by atoms with Gasteiger partial charge in [0.1, 0.15) is 11.6 Å². The first-order valence-corrected chi connectivity index (χ1v) is 16.8. The van der Waals surface area contributed by atoms with E-state index >= 15 is 0 Å². The number of H-pyrrole nitrogens is 1. The number of nitrogens with two attached hydrogens (primary N) is 1. The maximum atomic E-state index is 13.7. The van der Waals surface area contributed by atoms with Gasteiger partial charge in [0.25, 0.3) is 0 Å². The normalized spacial score (nSPS) is 16.6. The molecule has 0 bridgehead atoms. The summed E-state index contributed by atoms with van der Waals surface area (Å²) < 4.78 is 5.34. The van der Waals surface area contributed by atoms with E-state index in [1.807, 2.05) is 58.0 Å². The van der Waals surface area contributed by atoms with E-state index in [1.165, 1.54) is 0 Å². The van der Waals surface area contributed by atoms with Gasteiger partial charge in [-0.3, -0.25) is 14.4 Å². The van der Waals surface area contributed by atoms with Gasteiger partial charge in [0.05, 0.1) is 0 Å². The molecule has 1 aromatic heterocycles. The lowest BCUT2D eigenvalue weighted by atomic mass is 9.81. The summed E-state index contributed by atoms with van der Waals surface area (Å²) >= 11 is 0. The summed E-state index contributed by atoms with van der Waals surface area (Å²) in [6.07, 6.45) is 2.69. The van der Waals surface area contributed by atoms with E-state index in [-0.39, 0.29) is 30.1 Å². The number of amides is 4.